The van der Waals surface area contributed by atoms with E-state index >= 15 is 0 Å². The number of alkyl halides is 1. The Balaban J connectivity index is 2.82. The summed E-state index contributed by atoms with van der Waals surface area (Å²) in [6.45, 7) is 1.57. The molecule has 0 saturated carbocycles. The third-order valence-corrected chi connectivity index (χ3v) is 4.71. The molecule has 0 unspecified atom stereocenters. The van der Waals surface area contributed by atoms with Crippen molar-refractivity contribution in [3.8, 4) is 0 Å². The first-order chi connectivity index (χ1) is 10.7. The van der Waals surface area contributed by atoms with Crippen molar-refractivity contribution >= 4 is 35.2 Å². The average Bonchev–Trinajstić information content (AvgIpc) is 2.49. The normalized spacial score (nSPS) is 33.7. The highest BCUT2D eigenvalue weighted by Crippen LogP contribution is 2.30. The van der Waals surface area contributed by atoms with Gasteiger partial charge in [-0.05, 0) is 13.2 Å². The summed E-state index contributed by atoms with van der Waals surface area (Å²) in [4.78, 5) is 22.3. The van der Waals surface area contributed by atoms with E-state index < -0.39 is 53.1 Å². The first kappa shape index (κ1) is 20.5. The van der Waals surface area contributed by atoms with E-state index in [9.17, 15) is 24.9 Å². The Morgan fingerprint density at radius 1 is 1.22 bits per heavy atom. The number of ether oxygens (including phenoxy) is 1. The number of thioether (sulfide) groups is 1. The fourth-order valence-corrected chi connectivity index (χ4v) is 3.19. The van der Waals surface area contributed by atoms with Gasteiger partial charge < -0.3 is 30.5 Å². The van der Waals surface area contributed by atoms with E-state index in [0.717, 1.165) is 11.8 Å². The molecule has 1 heterocycles. The number of aliphatic carboxylic acids is 1. The minimum absolute atomic E-state index is 0.241. The van der Waals surface area contributed by atoms with Crippen molar-refractivity contribution in [1.29, 1.82) is 0 Å². The number of hydrogen-bond donors (Lipinski definition) is 5. The second-order valence-corrected chi connectivity index (χ2v) is 6.97. The molecule has 0 bridgehead atoms. The number of carbonyl (C=O) groups is 2. The van der Waals surface area contributed by atoms with Crippen molar-refractivity contribution in [3.05, 3.63) is 0 Å². The van der Waals surface area contributed by atoms with Crippen molar-refractivity contribution in [1.82, 2.24) is 5.32 Å². The van der Waals surface area contributed by atoms with Crippen LogP contribution in [0.3, 0.4) is 0 Å². The number of carboxylic acid groups (broad SMARTS) is 1. The number of hydrogen-bond acceptors (Lipinski definition) is 7. The predicted molar refractivity (Wildman–Crippen MR) is 84.3 cm³/mol. The lowest BCUT2D eigenvalue weighted by Gasteiger charge is -2.43. The zero-order valence-corrected chi connectivity index (χ0v) is 14.3. The lowest BCUT2D eigenvalue weighted by atomic mass is 9.93. The van der Waals surface area contributed by atoms with E-state index in [1.54, 1.807) is 13.2 Å². The summed E-state index contributed by atoms with van der Waals surface area (Å²) in [7, 11) is 0. The molecule has 0 aromatic heterocycles. The van der Waals surface area contributed by atoms with Gasteiger partial charge in [-0.15, -0.1) is 23.4 Å². The Hall–Kier alpha value is -0.580. The molecule has 0 aromatic rings. The summed E-state index contributed by atoms with van der Waals surface area (Å²) in [6, 6.07) is -0.857. The molecule has 1 aliphatic rings. The number of amides is 1. The molecule has 0 aliphatic carbocycles. The Morgan fingerprint density at radius 2 is 1.83 bits per heavy atom. The molecule has 7 atom stereocenters. The highest BCUT2D eigenvalue weighted by atomic mass is 35.5. The van der Waals surface area contributed by atoms with Crippen LogP contribution in [0.25, 0.3) is 0 Å². The molecule has 1 fully saturated rings. The molecular weight excluding hydrogens is 350 g/mol. The molecule has 1 aliphatic heterocycles. The summed E-state index contributed by atoms with van der Waals surface area (Å²) in [5.41, 5.74) is -0.785. The van der Waals surface area contributed by atoms with Crippen molar-refractivity contribution in [3.63, 3.8) is 0 Å². The third kappa shape index (κ3) is 5.47. The quantitative estimate of drug-likeness (QED) is 0.364. The number of carboxylic acids is 1. The van der Waals surface area contributed by atoms with Crippen LogP contribution >= 0.6 is 23.4 Å². The number of aliphatic hydroxyl groups is 3. The molecule has 0 aromatic carbocycles. The molecule has 0 radical (unpaired) electrons. The van der Waals surface area contributed by atoms with Gasteiger partial charge in [0, 0.05) is 6.42 Å². The van der Waals surface area contributed by atoms with Crippen LogP contribution < -0.4 is 5.32 Å². The minimum atomic E-state index is -1.45. The Kier molecular flexibility index (Phi) is 8.05. The predicted octanol–water partition coefficient (Wildman–Crippen LogP) is -0.866. The van der Waals surface area contributed by atoms with E-state index in [-0.39, 0.29) is 12.8 Å². The molecule has 134 valence electrons. The van der Waals surface area contributed by atoms with Gasteiger partial charge in [-0.25, -0.2) is 0 Å². The summed E-state index contributed by atoms with van der Waals surface area (Å²) in [5.74, 6) is -1.66. The van der Waals surface area contributed by atoms with E-state index in [1.165, 1.54) is 0 Å². The van der Waals surface area contributed by atoms with Crippen LogP contribution in [-0.2, 0) is 14.3 Å². The molecule has 10 heteroatoms. The Bertz CT molecular complexity index is 423. The van der Waals surface area contributed by atoms with Gasteiger partial charge in [0.1, 0.15) is 29.9 Å². The summed E-state index contributed by atoms with van der Waals surface area (Å²) in [6.07, 6.45) is -4.11. The van der Waals surface area contributed by atoms with E-state index in [4.69, 9.17) is 21.4 Å². The highest BCUT2D eigenvalue weighted by molar-refractivity contribution is 7.99. The van der Waals surface area contributed by atoms with Gasteiger partial charge in [-0.1, -0.05) is 0 Å². The number of carbonyl (C=O) groups excluding carboxylic acids is 1. The average molecular weight is 372 g/mol. The van der Waals surface area contributed by atoms with Gasteiger partial charge in [-0.2, -0.15) is 0 Å². The molecule has 23 heavy (non-hydrogen) atoms. The second kappa shape index (κ2) is 9.05. The van der Waals surface area contributed by atoms with Crippen molar-refractivity contribution < 1.29 is 34.8 Å². The maximum absolute atomic E-state index is 11.8. The third-order valence-electron chi connectivity index (χ3n) is 3.58. The van der Waals surface area contributed by atoms with Gasteiger partial charge in [0.05, 0.1) is 17.8 Å². The topological polar surface area (TPSA) is 136 Å². The number of nitrogens with one attached hydrogen (secondary N) is 1. The number of rotatable bonds is 7. The lowest BCUT2D eigenvalue weighted by molar-refractivity contribution is -0.205. The maximum atomic E-state index is 11.8. The molecule has 0 spiro atoms. The van der Waals surface area contributed by atoms with Crippen molar-refractivity contribution in [2.45, 2.75) is 61.0 Å². The zero-order valence-electron chi connectivity index (χ0n) is 12.8. The maximum Gasteiger partial charge on any atom is 0.303 e. The van der Waals surface area contributed by atoms with Gasteiger partial charge in [0.25, 0.3) is 0 Å². The van der Waals surface area contributed by atoms with Gasteiger partial charge in [0.15, 0.2) is 0 Å². The summed E-state index contributed by atoms with van der Waals surface area (Å²) in [5, 5.41) is 40.4. The smallest absolute Gasteiger partial charge is 0.303 e. The monoisotopic (exact) mass is 371 g/mol. The lowest BCUT2D eigenvalue weighted by Crippen LogP contribution is -2.64. The van der Waals surface area contributed by atoms with Gasteiger partial charge >= 0.3 is 5.97 Å². The van der Waals surface area contributed by atoms with Crippen molar-refractivity contribution in [2.75, 3.05) is 6.26 Å². The molecular formula is C13H22ClNO7S. The van der Waals surface area contributed by atoms with Crippen LogP contribution in [0.2, 0.25) is 0 Å². The molecule has 1 saturated heterocycles. The van der Waals surface area contributed by atoms with Crippen LogP contribution in [0, 0.1) is 0 Å². The van der Waals surface area contributed by atoms with E-state index in [1.807, 2.05) is 0 Å². The van der Waals surface area contributed by atoms with Gasteiger partial charge in [0.2, 0.25) is 5.91 Å². The second-order valence-electron chi connectivity index (χ2n) is 5.34. The Morgan fingerprint density at radius 3 is 2.30 bits per heavy atom. The van der Waals surface area contributed by atoms with Crippen LogP contribution in [-0.4, -0.2) is 79.8 Å². The first-order valence-electron chi connectivity index (χ1n) is 7.06. The highest BCUT2D eigenvalue weighted by Gasteiger charge is 2.47. The molecule has 8 nitrogen and oxygen atoms in total. The molecule has 5 N–H and O–H groups in total. The van der Waals surface area contributed by atoms with E-state index in [0.29, 0.717) is 0 Å². The molecule has 1 rings (SSSR count). The van der Waals surface area contributed by atoms with Crippen molar-refractivity contribution in [2.24, 2.45) is 0 Å². The minimum Gasteiger partial charge on any atom is -0.481 e. The standard InChI is InChI=1S/C13H22ClNO7S/c1-5(14)8(15-6(16)3-4-7(17)18)12-10(20)9(19)11(21)13(22-12)23-2/h5,8-13,19-21H,3-4H2,1-2H3,(H,15,16)(H,17,18)/t5-,8+,9-,10+,11+,12+,13+/m0/s1. The first-order valence-corrected chi connectivity index (χ1v) is 8.79. The van der Waals surface area contributed by atoms with Crippen LogP contribution in [0.4, 0.5) is 0 Å². The summed E-state index contributed by atoms with van der Waals surface area (Å²) >= 11 is 7.20. The number of aliphatic hydroxyl groups excluding tert-OH is 3. The van der Waals surface area contributed by atoms with Crippen LogP contribution in [0.5, 0.6) is 0 Å². The fraction of sp³-hybridized carbons (Fsp3) is 0.846. The molecule has 1 amide bonds. The Labute approximate surface area is 143 Å². The van der Waals surface area contributed by atoms with Crippen LogP contribution in [0.15, 0.2) is 0 Å². The van der Waals surface area contributed by atoms with Gasteiger partial charge in [-0.3, -0.25) is 9.59 Å². The summed E-state index contributed by atoms with van der Waals surface area (Å²) < 4.78 is 5.57. The fourth-order valence-electron chi connectivity index (χ4n) is 2.30. The SMILES string of the molecule is CS[C@H]1O[C@H]([C@H](NC(=O)CCC(=O)O)[C@H](C)Cl)[C@H](O)[C@H](O)[C@H]1O. The van der Waals surface area contributed by atoms with Crippen LogP contribution in [0.1, 0.15) is 19.8 Å². The number of halogens is 1. The zero-order chi connectivity index (χ0) is 17.7. The van der Waals surface area contributed by atoms with E-state index in [2.05, 4.69) is 5.32 Å². The largest absolute Gasteiger partial charge is 0.481 e.